The van der Waals surface area contributed by atoms with Crippen molar-refractivity contribution in [2.75, 3.05) is 10.2 Å². The third kappa shape index (κ3) is 3.66. The summed E-state index contributed by atoms with van der Waals surface area (Å²) in [6, 6.07) is 12.7. The molecule has 0 saturated heterocycles. The summed E-state index contributed by atoms with van der Waals surface area (Å²) in [6.45, 7) is 7.64. The predicted octanol–water partition coefficient (Wildman–Crippen LogP) is 4.17. The average molecular weight is 405 g/mol. The van der Waals surface area contributed by atoms with Gasteiger partial charge in [0, 0.05) is 16.8 Å². The van der Waals surface area contributed by atoms with Gasteiger partial charge in [-0.05, 0) is 58.0 Å². The van der Waals surface area contributed by atoms with E-state index in [-0.39, 0.29) is 11.8 Å². The molecule has 1 aliphatic heterocycles. The van der Waals surface area contributed by atoms with E-state index >= 15 is 0 Å². The molecule has 0 radical (unpaired) electrons. The van der Waals surface area contributed by atoms with Crippen LogP contribution in [-0.2, 0) is 11.3 Å². The summed E-state index contributed by atoms with van der Waals surface area (Å²) in [5.74, 6) is 0.879. The average Bonchev–Trinajstić information content (AvgIpc) is 3.03. The van der Waals surface area contributed by atoms with E-state index in [1.807, 2.05) is 39.0 Å². The molecule has 7 heteroatoms. The first kappa shape index (κ1) is 19.7. The van der Waals surface area contributed by atoms with Gasteiger partial charge in [-0.15, -0.1) is 0 Å². The highest BCUT2D eigenvalue weighted by Gasteiger charge is 2.33. The molecule has 0 aliphatic carbocycles. The lowest BCUT2D eigenvalue weighted by Crippen LogP contribution is -2.44. The van der Waals surface area contributed by atoms with Crippen LogP contribution in [-0.4, -0.2) is 23.1 Å². The van der Waals surface area contributed by atoms with E-state index in [9.17, 15) is 9.59 Å². The molecule has 2 amide bonds. The van der Waals surface area contributed by atoms with Crippen molar-refractivity contribution >= 4 is 23.2 Å². The van der Waals surface area contributed by atoms with Crippen LogP contribution in [0, 0.1) is 20.8 Å². The summed E-state index contributed by atoms with van der Waals surface area (Å²) in [6.07, 6.45) is -0.606. The van der Waals surface area contributed by atoms with Crippen LogP contribution in [0.5, 0.6) is 5.75 Å². The largest absolute Gasteiger partial charge is 0.479 e. The van der Waals surface area contributed by atoms with Gasteiger partial charge < -0.3 is 19.5 Å². The minimum atomic E-state index is -0.606. The zero-order valence-electron chi connectivity index (χ0n) is 17.4. The maximum Gasteiger partial charge on any atom is 0.268 e. The number of nitrogens with zero attached hydrogens (tertiary/aromatic N) is 2. The van der Waals surface area contributed by atoms with Crippen LogP contribution < -0.4 is 15.0 Å². The molecule has 0 fully saturated rings. The minimum Gasteiger partial charge on any atom is -0.479 e. The van der Waals surface area contributed by atoms with E-state index in [0.29, 0.717) is 35.0 Å². The first-order valence-electron chi connectivity index (χ1n) is 9.75. The van der Waals surface area contributed by atoms with Crippen LogP contribution in [0.3, 0.4) is 0 Å². The van der Waals surface area contributed by atoms with Crippen LogP contribution in [0.1, 0.15) is 39.9 Å². The van der Waals surface area contributed by atoms with E-state index in [4.69, 9.17) is 9.26 Å². The molecule has 1 atom stereocenters. The Labute approximate surface area is 174 Å². The number of carbonyl (C=O) groups excluding carboxylic acids is 2. The minimum absolute atomic E-state index is 0.162. The standard InChI is InChI=1S/C23H23N3O4/c1-13-6-5-7-17(10-13)22(27)24-18-8-9-21-20(11-18)26(23(28)16(4)29-21)12-19-14(2)25-30-15(19)3/h5-11,16H,12H2,1-4H3,(H,24,27). The summed E-state index contributed by atoms with van der Waals surface area (Å²) in [7, 11) is 0. The Bertz CT molecular complexity index is 1120. The third-order valence-electron chi connectivity index (χ3n) is 5.20. The number of benzene rings is 2. The number of aromatic nitrogens is 1. The van der Waals surface area contributed by atoms with Crippen molar-refractivity contribution < 1.29 is 18.8 Å². The first-order chi connectivity index (χ1) is 14.3. The number of ether oxygens (including phenoxy) is 1. The number of carbonyl (C=O) groups is 2. The van der Waals surface area contributed by atoms with Crippen LogP contribution in [0.2, 0.25) is 0 Å². The molecule has 4 rings (SSSR count). The Morgan fingerprint density at radius 1 is 1.17 bits per heavy atom. The highest BCUT2D eigenvalue weighted by Crippen LogP contribution is 2.37. The molecule has 1 aromatic heterocycles. The van der Waals surface area contributed by atoms with E-state index in [1.165, 1.54) is 0 Å². The lowest BCUT2D eigenvalue weighted by atomic mass is 10.1. The summed E-state index contributed by atoms with van der Waals surface area (Å²) >= 11 is 0. The number of nitrogens with one attached hydrogen (secondary N) is 1. The van der Waals surface area contributed by atoms with E-state index in [0.717, 1.165) is 16.8 Å². The van der Waals surface area contributed by atoms with Crippen molar-refractivity contribution in [3.63, 3.8) is 0 Å². The molecule has 2 heterocycles. The quantitative estimate of drug-likeness (QED) is 0.704. The van der Waals surface area contributed by atoms with Crippen molar-refractivity contribution in [1.29, 1.82) is 0 Å². The van der Waals surface area contributed by atoms with Crippen molar-refractivity contribution in [2.24, 2.45) is 0 Å². The second kappa shape index (κ2) is 7.67. The van der Waals surface area contributed by atoms with E-state index in [1.54, 1.807) is 36.1 Å². The fourth-order valence-corrected chi connectivity index (χ4v) is 3.52. The second-order valence-electron chi connectivity index (χ2n) is 7.49. The zero-order valence-corrected chi connectivity index (χ0v) is 17.4. The number of fused-ring (bicyclic) bond motifs is 1. The van der Waals surface area contributed by atoms with Crippen LogP contribution in [0.4, 0.5) is 11.4 Å². The maximum atomic E-state index is 12.9. The lowest BCUT2D eigenvalue weighted by molar-refractivity contribution is -0.125. The van der Waals surface area contributed by atoms with Gasteiger partial charge in [-0.1, -0.05) is 22.9 Å². The van der Waals surface area contributed by atoms with Gasteiger partial charge in [-0.25, -0.2) is 0 Å². The molecule has 1 aliphatic rings. The molecule has 1 N–H and O–H groups in total. The van der Waals surface area contributed by atoms with Gasteiger partial charge in [0.15, 0.2) is 6.10 Å². The van der Waals surface area contributed by atoms with Gasteiger partial charge in [-0.3, -0.25) is 9.59 Å². The number of hydrogen-bond acceptors (Lipinski definition) is 5. The molecule has 7 nitrogen and oxygen atoms in total. The molecule has 0 bridgehead atoms. The Balaban J connectivity index is 1.66. The van der Waals surface area contributed by atoms with Crippen molar-refractivity contribution in [3.05, 3.63) is 70.6 Å². The molecule has 154 valence electrons. The van der Waals surface area contributed by atoms with Gasteiger partial charge in [0.05, 0.1) is 17.9 Å². The summed E-state index contributed by atoms with van der Waals surface area (Å²) in [5.41, 5.74) is 4.35. The Morgan fingerprint density at radius 3 is 2.67 bits per heavy atom. The van der Waals surface area contributed by atoms with Crippen molar-refractivity contribution in [1.82, 2.24) is 5.16 Å². The normalized spacial score (nSPS) is 15.5. The fourth-order valence-electron chi connectivity index (χ4n) is 3.52. The van der Waals surface area contributed by atoms with Crippen LogP contribution in [0.15, 0.2) is 47.0 Å². The maximum absolute atomic E-state index is 12.9. The lowest BCUT2D eigenvalue weighted by Gasteiger charge is -2.33. The number of rotatable bonds is 4. The van der Waals surface area contributed by atoms with Crippen LogP contribution >= 0.6 is 0 Å². The Kier molecular flexibility index (Phi) is 5.03. The van der Waals surface area contributed by atoms with Gasteiger partial charge in [0.1, 0.15) is 11.5 Å². The van der Waals surface area contributed by atoms with Gasteiger partial charge in [-0.2, -0.15) is 0 Å². The molecular formula is C23H23N3O4. The fraction of sp³-hybridized carbons (Fsp3) is 0.261. The highest BCUT2D eigenvalue weighted by atomic mass is 16.5. The van der Waals surface area contributed by atoms with Crippen molar-refractivity contribution in [3.8, 4) is 5.75 Å². The van der Waals surface area contributed by atoms with Crippen LogP contribution in [0.25, 0.3) is 0 Å². The monoisotopic (exact) mass is 405 g/mol. The molecule has 2 aromatic carbocycles. The number of aryl methyl sites for hydroxylation is 3. The summed E-state index contributed by atoms with van der Waals surface area (Å²) in [5, 5.41) is 6.88. The third-order valence-corrected chi connectivity index (χ3v) is 5.20. The zero-order chi connectivity index (χ0) is 21.4. The SMILES string of the molecule is Cc1cccc(C(=O)Nc2ccc3c(c2)N(Cc2c(C)noc2C)C(=O)C(C)O3)c1. The number of amides is 2. The number of anilines is 2. The van der Waals surface area contributed by atoms with Gasteiger partial charge >= 0.3 is 0 Å². The summed E-state index contributed by atoms with van der Waals surface area (Å²) < 4.78 is 11.0. The topological polar surface area (TPSA) is 84.7 Å². The molecule has 0 spiro atoms. The highest BCUT2D eigenvalue weighted by molar-refractivity contribution is 6.05. The smallest absolute Gasteiger partial charge is 0.268 e. The van der Waals surface area contributed by atoms with Gasteiger partial charge in [0.2, 0.25) is 0 Å². The molecular weight excluding hydrogens is 382 g/mol. The first-order valence-corrected chi connectivity index (χ1v) is 9.75. The Hall–Kier alpha value is -3.61. The van der Waals surface area contributed by atoms with E-state index in [2.05, 4.69) is 10.5 Å². The van der Waals surface area contributed by atoms with Crippen molar-refractivity contribution in [2.45, 2.75) is 40.3 Å². The number of hydrogen-bond donors (Lipinski definition) is 1. The second-order valence-corrected chi connectivity index (χ2v) is 7.49. The van der Waals surface area contributed by atoms with E-state index < -0.39 is 6.10 Å². The van der Waals surface area contributed by atoms with Gasteiger partial charge in [0.25, 0.3) is 11.8 Å². The molecule has 1 unspecified atom stereocenters. The molecule has 0 saturated carbocycles. The Morgan fingerprint density at radius 2 is 1.97 bits per heavy atom. The molecule has 30 heavy (non-hydrogen) atoms. The molecule has 3 aromatic rings. The summed E-state index contributed by atoms with van der Waals surface area (Å²) in [4.78, 5) is 27.2. The predicted molar refractivity (Wildman–Crippen MR) is 113 cm³/mol.